The van der Waals surface area contributed by atoms with Gasteiger partial charge in [0.05, 0.1) is 12.0 Å². The number of pyridine rings is 1. The zero-order chi connectivity index (χ0) is 25.0. The third-order valence-electron chi connectivity index (χ3n) is 5.79. The lowest BCUT2D eigenvalue weighted by atomic mass is 10.1. The number of hydrogen-bond acceptors (Lipinski definition) is 4. The van der Waals surface area contributed by atoms with Crippen molar-refractivity contribution in [1.82, 2.24) is 19.4 Å². The summed E-state index contributed by atoms with van der Waals surface area (Å²) in [5.41, 5.74) is 2.94. The van der Waals surface area contributed by atoms with Crippen molar-refractivity contribution < 1.29 is 18.0 Å². The van der Waals surface area contributed by atoms with Crippen molar-refractivity contribution in [1.29, 1.82) is 0 Å². The summed E-state index contributed by atoms with van der Waals surface area (Å²) in [4.78, 5) is 23.3. The second-order valence-corrected chi connectivity index (χ2v) is 8.23. The van der Waals surface area contributed by atoms with Crippen molar-refractivity contribution in [3.63, 3.8) is 0 Å². The topological polar surface area (TPSA) is 63.1 Å². The largest absolute Gasteiger partial charge is 0.416 e. The SMILES string of the molecule is CCN(CC)Cc1cc(NC(=O)Cc2ccc(-n3cnc4cccnc43)cc2)cc(C(F)(F)F)c1. The highest BCUT2D eigenvalue weighted by Crippen LogP contribution is 2.32. The number of aromatic nitrogens is 3. The normalized spacial score (nSPS) is 11.8. The van der Waals surface area contributed by atoms with Gasteiger partial charge in [-0.25, -0.2) is 9.97 Å². The fraction of sp³-hybridized carbons (Fsp3) is 0.269. The van der Waals surface area contributed by atoms with Crippen molar-refractivity contribution in [2.75, 3.05) is 18.4 Å². The predicted molar refractivity (Wildman–Crippen MR) is 129 cm³/mol. The summed E-state index contributed by atoms with van der Waals surface area (Å²) in [5, 5.41) is 2.64. The Kier molecular flexibility index (Phi) is 7.16. The van der Waals surface area contributed by atoms with Gasteiger partial charge in [0.2, 0.25) is 5.91 Å². The van der Waals surface area contributed by atoms with Crippen LogP contribution in [-0.2, 0) is 23.9 Å². The highest BCUT2D eigenvalue weighted by molar-refractivity contribution is 5.92. The van der Waals surface area contributed by atoms with E-state index in [0.717, 1.165) is 47.6 Å². The lowest BCUT2D eigenvalue weighted by molar-refractivity contribution is -0.137. The molecule has 4 rings (SSSR count). The molecular formula is C26H26F3N5O. The van der Waals surface area contributed by atoms with Crippen LogP contribution in [0.2, 0.25) is 0 Å². The third kappa shape index (κ3) is 5.86. The Bertz CT molecular complexity index is 1310. The van der Waals surface area contributed by atoms with Gasteiger partial charge in [-0.05, 0) is 66.7 Å². The number of carbonyl (C=O) groups is 1. The van der Waals surface area contributed by atoms with E-state index in [1.165, 1.54) is 0 Å². The van der Waals surface area contributed by atoms with Gasteiger partial charge >= 0.3 is 6.18 Å². The quantitative estimate of drug-likeness (QED) is 0.363. The maximum atomic E-state index is 13.4. The van der Waals surface area contributed by atoms with E-state index in [1.807, 2.05) is 59.7 Å². The highest BCUT2D eigenvalue weighted by Gasteiger charge is 2.31. The number of carbonyl (C=O) groups excluding carboxylic acids is 1. The molecule has 0 bridgehead atoms. The molecule has 0 aliphatic rings. The van der Waals surface area contributed by atoms with Crippen molar-refractivity contribution in [3.8, 4) is 5.69 Å². The molecule has 35 heavy (non-hydrogen) atoms. The number of alkyl halides is 3. The fourth-order valence-corrected chi connectivity index (χ4v) is 3.93. The van der Waals surface area contributed by atoms with E-state index in [9.17, 15) is 18.0 Å². The van der Waals surface area contributed by atoms with E-state index in [1.54, 1.807) is 18.6 Å². The highest BCUT2D eigenvalue weighted by atomic mass is 19.4. The Morgan fingerprint density at radius 3 is 2.43 bits per heavy atom. The van der Waals surface area contributed by atoms with Crippen LogP contribution < -0.4 is 5.32 Å². The van der Waals surface area contributed by atoms with E-state index >= 15 is 0 Å². The van der Waals surface area contributed by atoms with Crippen molar-refractivity contribution in [3.05, 3.63) is 83.8 Å². The smallest absolute Gasteiger partial charge is 0.326 e. The molecule has 4 aromatic rings. The molecule has 182 valence electrons. The number of halogens is 3. The van der Waals surface area contributed by atoms with Gasteiger partial charge in [-0.2, -0.15) is 13.2 Å². The van der Waals surface area contributed by atoms with Gasteiger partial charge in [-0.1, -0.05) is 26.0 Å². The van der Waals surface area contributed by atoms with Crippen LogP contribution in [0, 0.1) is 0 Å². The fourth-order valence-electron chi connectivity index (χ4n) is 3.93. The van der Waals surface area contributed by atoms with Crippen molar-refractivity contribution in [2.24, 2.45) is 0 Å². The molecule has 0 aliphatic carbocycles. The van der Waals surface area contributed by atoms with Crippen LogP contribution in [0.3, 0.4) is 0 Å². The Morgan fingerprint density at radius 1 is 1.00 bits per heavy atom. The molecule has 1 N–H and O–H groups in total. The number of fused-ring (bicyclic) bond motifs is 1. The predicted octanol–water partition coefficient (Wildman–Crippen LogP) is 5.46. The molecule has 2 aromatic carbocycles. The lowest BCUT2D eigenvalue weighted by Gasteiger charge is -2.20. The number of anilines is 1. The molecule has 2 aromatic heterocycles. The summed E-state index contributed by atoms with van der Waals surface area (Å²) >= 11 is 0. The van der Waals surface area contributed by atoms with E-state index < -0.39 is 11.7 Å². The van der Waals surface area contributed by atoms with Gasteiger partial charge in [-0.15, -0.1) is 0 Å². The first kappa shape index (κ1) is 24.4. The van der Waals surface area contributed by atoms with E-state index in [-0.39, 0.29) is 18.0 Å². The molecule has 9 heteroatoms. The van der Waals surface area contributed by atoms with Gasteiger partial charge in [0.25, 0.3) is 0 Å². The van der Waals surface area contributed by atoms with E-state index in [4.69, 9.17) is 0 Å². The van der Waals surface area contributed by atoms with Gasteiger partial charge < -0.3 is 5.32 Å². The first-order valence-corrected chi connectivity index (χ1v) is 11.4. The van der Waals surface area contributed by atoms with Crippen LogP contribution in [0.4, 0.5) is 18.9 Å². The zero-order valence-corrected chi connectivity index (χ0v) is 19.5. The Labute approximate surface area is 201 Å². The standard InChI is InChI=1S/C26H26F3N5O/c1-3-33(4-2)16-19-12-20(26(27,28)29)15-21(13-19)32-24(35)14-18-7-9-22(10-8-18)34-17-31-23-6-5-11-30-25(23)34/h5-13,15,17H,3-4,14,16H2,1-2H3,(H,32,35). The van der Waals surface area contributed by atoms with Gasteiger partial charge in [0, 0.05) is 24.1 Å². The zero-order valence-electron chi connectivity index (χ0n) is 19.5. The van der Waals surface area contributed by atoms with Gasteiger partial charge in [0.1, 0.15) is 11.8 Å². The second-order valence-electron chi connectivity index (χ2n) is 8.23. The molecule has 0 spiro atoms. The maximum absolute atomic E-state index is 13.4. The van der Waals surface area contributed by atoms with Crippen LogP contribution in [-0.4, -0.2) is 38.4 Å². The van der Waals surface area contributed by atoms with Crippen LogP contribution in [0.1, 0.15) is 30.5 Å². The summed E-state index contributed by atoms with van der Waals surface area (Å²) < 4.78 is 42.2. The van der Waals surface area contributed by atoms with Gasteiger partial charge in [-0.3, -0.25) is 14.3 Å². The van der Waals surface area contributed by atoms with Crippen LogP contribution >= 0.6 is 0 Å². The number of amides is 1. The number of nitrogens with zero attached hydrogens (tertiary/aromatic N) is 4. The van der Waals surface area contributed by atoms with E-state index in [2.05, 4.69) is 15.3 Å². The van der Waals surface area contributed by atoms with Crippen LogP contribution in [0.5, 0.6) is 0 Å². The van der Waals surface area contributed by atoms with Crippen LogP contribution in [0.25, 0.3) is 16.9 Å². The number of imidazole rings is 1. The van der Waals surface area contributed by atoms with Crippen LogP contribution in [0.15, 0.2) is 67.1 Å². The molecule has 6 nitrogen and oxygen atoms in total. The molecule has 2 heterocycles. The molecule has 0 radical (unpaired) electrons. The average molecular weight is 482 g/mol. The number of hydrogen-bond donors (Lipinski definition) is 1. The summed E-state index contributed by atoms with van der Waals surface area (Å²) in [6.07, 6.45) is -1.09. The molecule has 0 atom stereocenters. The number of benzene rings is 2. The summed E-state index contributed by atoms with van der Waals surface area (Å²) in [5.74, 6) is -0.388. The number of nitrogens with one attached hydrogen (secondary N) is 1. The summed E-state index contributed by atoms with van der Waals surface area (Å²) in [7, 11) is 0. The maximum Gasteiger partial charge on any atom is 0.416 e. The molecule has 0 saturated carbocycles. The lowest BCUT2D eigenvalue weighted by Crippen LogP contribution is -2.23. The summed E-state index contributed by atoms with van der Waals surface area (Å²) in [6.45, 7) is 5.72. The molecule has 1 amide bonds. The Balaban J connectivity index is 1.48. The van der Waals surface area contributed by atoms with Crippen molar-refractivity contribution in [2.45, 2.75) is 33.0 Å². The average Bonchev–Trinajstić information content (AvgIpc) is 3.26. The Hall–Kier alpha value is -3.72. The van der Waals surface area contributed by atoms with E-state index in [0.29, 0.717) is 12.1 Å². The molecule has 0 unspecified atom stereocenters. The number of rotatable bonds is 8. The molecular weight excluding hydrogens is 455 g/mol. The first-order chi connectivity index (χ1) is 16.8. The Morgan fingerprint density at radius 2 is 1.74 bits per heavy atom. The minimum atomic E-state index is -4.50. The monoisotopic (exact) mass is 481 g/mol. The third-order valence-corrected chi connectivity index (χ3v) is 5.79. The molecule has 0 saturated heterocycles. The second kappa shape index (κ2) is 10.3. The minimum Gasteiger partial charge on any atom is -0.326 e. The molecule has 0 fully saturated rings. The van der Waals surface area contributed by atoms with Crippen molar-refractivity contribution >= 4 is 22.8 Å². The molecule has 0 aliphatic heterocycles. The summed E-state index contributed by atoms with van der Waals surface area (Å²) in [6, 6.07) is 14.7. The van der Waals surface area contributed by atoms with Gasteiger partial charge in [0.15, 0.2) is 5.65 Å². The first-order valence-electron chi connectivity index (χ1n) is 11.4. The minimum absolute atomic E-state index is 0.0326.